The molecule has 0 aromatic heterocycles. The van der Waals surface area contributed by atoms with Gasteiger partial charge in [-0.25, -0.2) is 19.2 Å². The van der Waals surface area contributed by atoms with Crippen molar-refractivity contribution >= 4 is 23.9 Å². The number of ether oxygens (including phenoxy) is 4. The van der Waals surface area contributed by atoms with Crippen molar-refractivity contribution in [3.8, 4) is 11.1 Å². The number of hydrogen-bond acceptors (Lipinski definition) is 8. The van der Waals surface area contributed by atoms with Crippen molar-refractivity contribution in [1.29, 1.82) is 0 Å². The molecule has 0 N–H and O–H groups in total. The minimum Gasteiger partial charge on any atom is -0.462 e. The second kappa shape index (κ2) is 26.1. The van der Waals surface area contributed by atoms with E-state index < -0.39 is 23.9 Å². The molecule has 0 aliphatic carbocycles. The first kappa shape index (κ1) is 44.5. The maximum Gasteiger partial charge on any atom is 0.339 e. The van der Waals surface area contributed by atoms with E-state index in [2.05, 4.69) is 27.7 Å². The van der Waals surface area contributed by atoms with Crippen LogP contribution < -0.4 is 0 Å². The Morgan fingerprint density at radius 2 is 0.788 bits per heavy atom. The average Bonchev–Trinajstić information content (AvgIpc) is 3.16. The molecular formula is C44H66O8. The number of hydrogen-bond donors (Lipinski definition) is 0. The summed E-state index contributed by atoms with van der Waals surface area (Å²) in [6.45, 7) is 13.6. The Morgan fingerprint density at radius 3 is 1.15 bits per heavy atom. The van der Waals surface area contributed by atoms with Crippen molar-refractivity contribution in [2.75, 3.05) is 26.4 Å². The van der Waals surface area contributed by atoms with Gasteiger partial charge < -0.3 is 18.9 Å². The standard InChI is InChI=1S/C44H66O8/c1-7-11-15-17-19-27-49-41(45)37-25-23-35(29-39(37)43(47)51-31-33(5)21-13-9-3)36-24-26-38(42(46)50-28-20-18-16-12-8-2)40(30-36)44(48)52-32-34(6)22-14-10-4/h23-26,29-30,33-34H,7-22,27-28,31-32H2,1-6H3. The van der Waals surface area contributed by atoms with Crippen molar-refractivity contribution in [2.45, 2.75) is 144 Å². The molecule has 0 aliphatic rings. The van der Waals surface area contributed by atoms with Gasteiger partial charge in [0.05, 0.1) is 48.7 Å². The highest BCUT2D eigenvalue weighted by atomic mass is 16.5. The fraction of sp³-hybridized carbons (Fsp3) is 0.636. The molecule has 52 heavy (non-hydrogen) atoms. The molecule has 2 unspecified atom stereocenters. The Bertz CT molecular complexity index is 1260. The molecule has 0 aliphatic heterocycles. The van der Waals surface area contributed by atoms with Crippen LogP contribution in [0.2, 0.25) is 0 Å². The minimum atomic E-state index is -0.611. The van der Waals surface area contributed by atoms with Gasteiger partial charge in [-0.3, -0.25) is 0 Å². The molecule has 0 spiro atoms. The summed E-state index contributed by atoms with van der Waals surface area (Å²) in [6, 6.07) is 9.76. The summed E-state index contributed by atoms with van der Waals surface area (Å²) < 4.78 is 22.6. The largest absolute Gasteiger partial charge is 0.462 e. The summed E-state index contributed by atoms with van der Waals surface area (Å²) in [5.41, 5.74) is 1.59. The second-order valence-electron chi connectivity index (χ2n) is 14.3. The quantitative estimate of drug-likeness (QED) is 0.0510. The lowest BCUT2D eigenvalue weighted by atomic mass is 9.95. The van der Waals surface area contributed by atoms with Gasteiger partial charge in [0.25, 0.3) is 0 Å². The van der Waals surface area contributed by atoms with Gasteiger partial charge in [0.1, 0.15) is 0 Å². The van der Waals surface area contributed by atoms with Gasteiger partial charge in [0, 0.05) is 0 Å². The lowest BCUT2D eigenvalue weighted by molar-refractivity contribution is 0.0414. The molecule has 2 atom stereocenters. The minimum absolute atomic E-state index is 0.0941. The predicted octanol–water partition coefficient (Wildman–Crippen LogP) is 11.6. The van der Waals surface area contributed by atoms with Crippen LogP contribution in [0.25, 0.3) is 11.1 Å². The van der Waals surface area contributed by atoms with E-state index in [1.165, 1.54) is 0 Å². The maximum absolute atomic E-state index is 13.5. The number of benzene rings is 2. The number of carbonyl (C=O) groups is 4. The SMILES string of the molecule is CCCCCCCOC(=O)c1ccc(-c2ccc(C(=O)OCCCCCCC)c(C(=O)OCC(C)CCCC)c2)cc1C(=O)OCC(C)CCCC. The Morgan fingerprint density at radius 1 is 0.442 bits per heavy atom. The zero-order valence-corrected chi connectivity index (χ0v) is 33.0. The third-order valence-corrected chi connectivity index (χ3v) is 9.31. The fourth-order valence-corrected chi connectivity index (χ4v) is 5.90. The van der Waals surface area contributed by atoms with E-state index in [-0.39, 0.29) is 60.5 Å². The molecule has 0 fully saturated rings. The molecule has 290 valence electrons. The third-order valence-electron chi connectivity index (χ3n) is 9.31. The van der Waals surface area contributed by atoms with E-state index in [1.54, 1.807) is 36.4 Å². The highest BCUT2D eigenvalue weighted by Crippen LogP contribution is 2.28. The lowest BCUT2D eigenvalue weighted by Crippen LogP contribution is -2.18. The van der Waals surface area contributed by atoms with Crippen LogP contribution in [0.3, 0.4) is 0 Å². The van der Waals surface area contributed by atoms with Crippen LogP contribution in [0.1, 0.15) is 186 Å². The van der Waals surface area contributed by atoms with Crippen molar-refractivity contribution in [3.63, 3.8) is 0 Å². The number of rotatable bonds is 27. The summed E-state index contributed by atoms with van der Waals surface area (Å²) in [7, 11) is 0. The van der Waals surface area contributed by atoms with Crippen molar-refractivity contribution in [1.82, 2.24) is 0 Å². The molecular weight excluding hydrogens is 656 g/mol. The molecule has 8 nitrogen and oxygen atoms in total. The molecule has 0 amide bonds. The first-order valence-corrected chi connectivity index (χ1v) is 20.1. The predicted molar refractivity (Wildman–Crippen MR) is 208 cm³/mol. The first-order valence-electron chi connectivity index (χ1n) is 20.1. The van der Waals surface area contributed by atoms with Crippen LogP contribution in [-0.4, -0.2) is 50.3 Å². The van der Waals surface area contributed by atoms with Gasteiger partial charge in [-0.15, -0.1) is 0 Å². The van der Waals surface area contributed by atoms with Crippen molar-refractivity contribution in [3.05, 3.63) is 58.7 Å². The smallest absolute Gasteiger partial charge is 0.339 e. The second-order valence-corrected chi connectivity index (χ2v) is 14.3. The van der Waals surface area contributed by atoms with Gasteiger partial charge in [-0.2, -0.15) is 0 Å². The third kappa shape index (κ3) is 16.3. The molecule has 0 bridgehead atoms. The highest BCUT2D eigenvalue weighted by molar-refractivity contribution is 6.06. The van der Waals surface area contributed by atoms with Crippen molar-refractivity contribution in [2.24, 2.45) is 11.8 Å². The van der Waals surface area contributed by atoms with Gasteiger partial charge >= 0.3 is 23.9 Å². The Balaban J connectivity index is 2.43. The molecule has 0 saturated heterocycles. The highest BCUT2D eigenvalue weighted by Gasteiger charge is 2.24. The molecule has 0 radical (unpaired) electrons. The van der Waals surface area contributed by atoms with E-state index in [0.717, 1.165) is 103 Å². The van der Waals surface area contributed by atoms with Crippen LogP contribution in [0, 0.1) is 11.8 Å². The zero-order chi connectivity index (χ0) is 38.1. The lowest BCUT2D eigenvalue weighted by Gasteiger charge is -2.16. The van der Waals surface area contributed by atoms with Crippen LogP contribution in [0.4, 0.5) is 0 Å². The van der Waals surface area contributed by atoms with Crippen LogP contribution in [0.5, 0.6) is 0 Å². The van der Waals surface area contributed by atoms with E-state index in [1.807, 2.05) is 13.8 Å². The molecule has 0 saturated carbocycles. The van der Waals surface area contributed by atoms with Gasteiger partial charge in [0.2, 0.25) is 0 Å². The Kier molecular flexibility index (Phi) is 22.4. The van der Waals surface area contributed by atoms with Crippen LogP contribution in [0.15, 0.2) is 36.4 Å². The molecule has 0 heterocycles. The fourth-order valence-electron chi connectivity index (χ4n) is 5.90. The first-order chi connectivity index (χ1) is 25.2. The van der Waals surface area contributed by atoms with Gasteiger partial charge in [0.15, 0.2) is 0 Å². The normalized spacial score (nSPS) is 12.2. The molecule has 2 rings (SSSR count). The van der Waals surface area contributed by atoms with Crippen molar-refractivity contribution < 1.29 is 38.1 Å². The number of unbranched alkanes of at least 4 members (excludes halogenated alkanes) is 10. The van der Waals surface area contributed by atoms with E-state index in [4.69, 9.17) is 18.9 Å². The molecule has 2 aromatic carbocycles. The van der Waals surface area contributed by atoms with E-state index in [9.17, 15) is 19.2 Å². The van der Waals surface area contributed by atoms with Crippen LogP contribution in [-0.2, 0) is 18.9 Å². The molecule has 8 heteroatoms. The van der Waals surface area contributed by atoms with Gasteiger partial charge in [-0.1, -0.05) is 131 Å². The topological polar surface area (TPSA) is 105 Å². The summed E-state index contributed by atoms with van der Waals surface area (Å²) in [5, 5.41) is 0. The summed E-state index contributed by atoms with van der Waals surface area (Å²) in [6.07, 6.45) is 16.2. The summed E-state index contributed by atoms with van der Waals surface area (Å²) in [4.78, 5) is 53.6. The zero-order valence-electron chi connectivity index (χ0n) is 33.0. The molecule has 2 aromatic rings. The summed E-state index contributed by atoms with van der Waals surface area (Å²) in [5.74, 6) is -2.04. The Labute approximate surface area is 313 Å². The summed E-state index contributed by atoms with van der Waals surface area (Å²) >= 11 is 0. The average molecular weight is 723 g/mol. The number of carbonyl (C=O) groups excluding carboxylic acids is 4. The maximum atomic E-state index is 13.5. The number of esters is 4. The van der Waals surface area contributed by atoms with E-state index in [0.29, 0.717) is 11.1 Å². The monoisotopic (exact) mass is 722 g/mol. The van der Waals surface area contributed by atoms with Gasteiger partial charge in [-0.05, 0) is 72.9 Å². The Hall–Kier alpha value is -3.68. The van der Waals surface area contributed by atoms with E-state index >= 15 is 0 Å². The van der Waals surface area contributed by atoms with Crippen LogP contribution >= 0.6 is 0 Å².